The van der Waals surface area contributed by atoms with E-state index < -0.39 is 0 Å². The molecule has 0 aromatic heterocycles. The molecule has 1 aromatic carbocycles. The zero-order chi connectivity index (χ0) is 15.9. The molecular weight excluding hydrogens is 270 g/mol. The third-order valence-corrected chi connectivity index (χ3v) is 3.77. The van der Waals surface area contributed by atoms with E-state index in [-0.39, 0.29) is 5.78 Å². The molecule has 0 unspecified atom stereocenters. The van der Waals surface area contributed by atoms with Gasteiger partial charge in [-0.25, -0.2) is 0 Å². The molecule has 2 heteroatoms. The third kappa shape index (κ3) is 4.08. The first kappa shape index (κ1) is 16.0. The summed E-state index contributed by atoms with van der Waals surface area (Å²) in [4.78, 5) is 12.2. The molecule has 0 bridgehead atoms. The zero-order valence-corrected chi connectivity index (χ0v) is 13.3. The average Bonchev–Trinajstić information content (AvgIpc) is 2.53. The number of hydrogen-bond donors (Lipinski definition) is 1. The Hall–Kier alpha value is -2.35. The Labute approximate surface area is 132 Å². The van der Waals surface area contributed by atoms with Crippen molar-refractivity contribution in [1.82, 2.24) is 0 Å². The van der Waals surface area contributed by atoms with Crippen LogP contribution in [-0.2, 0) is 6.42 Å². The van der Waals surface area contributed by atoms with Gasteiger partial charge in [-0.3, -0.25) is 4.79 Å². The van der Waals surface area contributed by atoms with E-state index in [4.69, 9.17) is 5.73 Å². The molecule has 0 radical (unpaired) electrons. The molecule has 2 rings (SSSR count). The van der Waals surface area contributed by atoms with Crippen molar-refractivity contribution in [3.05, 3.63) is 82.6 Å². The lowest BCUT2D eigenvalue weighted by Gasteiger charge is -2.16. The summed E-state index contributed by atoms with van der Waals surface area (Å²) >= 11 is 0. The van der Waals surface area contributed by atoms with Crippen molar-refractivity contribution in [2.24, 2.45) is 5.73 Å². The summed E-state index contributed by atoms with van der Waals surface area (Å²) < 4.78 is 0. The number of ketones is 1. The molecule has 114 valence electrons. The van der Waals surface area contributed by atoms with E-state index in [9.17, 15) is 4.79 Å². The second-order valence-corrected chi connectivity index (χ2v) is 5.58. The molecule has 2 nitrogen and oxygen atoms in total. The van der Waals surface area contributed by atoms with Crippen molar-refractivity contribution in [3.8, 4) is 0 Å². The number of benzene rings is 1. The van der Waals surface area contributed by atoms with Crippen LogP contribution in [-0.4, -0.2) is 5.78 Å². The number of carbonyl (C=O) groups is 1. The average molecular weight is 293 g/mol. The minimum atomic E-state index is 0.0874. The van der Waals surface area contributed by atoms with Crippen LogP contribution in [0.5, 0.6) is 0 Å². The highest BCUT2D eigenvalue weighted by Crippen LogP contribution is 2.25. The minimum absolute atomic E-state index is 0.0874. The van der Waals surface area contributed by atoms with E-state index in [0.29, 0.717) is 0 Å². The van der Waals surface area contributed by atoms with Gasteiger partial charge in [0.05, 0.1) is 0 Å². The first-order valence-electron chi connectivity index (χ1n) is 7.75. The van der Waals surface area contributed by atoms with E-state index in [1.54, 1.807) is 6.08 Å². The number of carbonyl (C=O) groups excluding carboxylic acids is 1. The van der Waals surface area contributed by atoms with Gasteiger partial charge in [-0.1, -0.05) is 49.8 Å². The largest absolute Gasteiger partial charge is 0.399 e. The van der Waals surface area contributed by atoms with Crippen LogP contribution in [0.25, 0.3) is 0 Å². The number of rotatable bonds is 5. The van der Waals surface area contributed by atoms with Crippen LogP contribution in [0.4, 0.5) is 0 Å². The topological polar surface area (TPSA) is 43.1 Å². The molecule has 0 spiro atoms. The standard InChI is InChI=1S/C20H23NO/c1-3-4-5-9-18(21)12-11-15(2)17-13-16-8-6-7-10-19(16)20(22)14-17/h5-12,14H,3-4,13,21H2,1-2H3/b9-5-,15-11+,18-12+. The second-order valence-electron chi connectivity index (χ2n) is 5.58. The van der Waals surface area contributed by atoms with Gasteiger partial charge in [0.25, 0.3) is 0 Å². The van der Waals surface area contributed by atoms with Crippen molar-refractivity contribution in [2.45, 2.75) is 33.1 Å². The van der Waals surface area contributed by atoms with Gasteiger partial charge in [0.15, 0.2) is 5.78 Å². The maximum Gasteiger partial charge on any atom is 0.186 e. The fraction of sp³-hybridized carbons (Fsp3) is 0.250. The molecule has 0 saturated carbocycles. The van der Waals surface area contributed by atoms with Gasteiger partial charge in [0, 0.05) is 11.3 Å². The highest BCUT2D eigenvalue weighted by molar-refractivity contribution is 6.07. The van der Waals surface area contributed by atoms with Gasteiger partial charge in [-0.05, 0) is 54.7 Å². The van der Waals surface area contributed by atoms with E-state index in [1.165, 1.54) is 0 Å². The lowest BCUT2D eigenvalue weighted by atomic mass is 9.87. The summed E-state index contributed by atoms with van der Waals surface area (Å²) in [6.07, 6.45) is 12.6. The van der Waals surface area contributed by atoms with Gasteiger partial charge in [0.2, 0.25) is 0 Å². The second kappa shape index (κ2) is 7.60. The summed E-state index contributed by atoms with van der Waals surface area (Å²) in [5, 5.41) is 0. The Balaban J connectivity index is 2.14. The highest BCUT2D eigenvalue weighted by atomic mass is 16.1. The Bertz CT molecular complexity index is 675. The summed E-state index contributed by atoms with van der Waals surface area (Å²) in [6, 6.07) is 7.79. The first-order valence-corrected chi connectivity index (χ1v) is 7.75. The van der Waals surface area contributed by atoms with Crippen molar-refractivity contribution < 1.29 is 4.79 Å². The lowest BCUT2D eigenvalue weighted by Crippen LogP contribution is -2.10. The summed E-state index contributed by atoms with van der Waals surface area (Å²) in [7, 11) is 0. The number of nitrogens with two attached hydrogens (primary N) is 1. The molecule has 1 aromatic rings. The molecule has 0 heterocycles. The molecule has 0 saturated heterocycles. The summed E-state index contributed by atoms with van der Waals surface area (Å²) in [5.41, 5.74) is 10.7. The number of unbranched alkanes of at least 4 members (excludes halogenated alkanes) is 1. The summed E-state index contributed by atoms with van der Waals surface area (Å²) in [6.45, 7) is 4.16. The molecule has 1 aliphatic rings. The normalized spacial score (nSPS) is 15.9. The van der Waals surface area contributed by atoms with Gasteiger partial charge >= 0.3 is 0 Å². The fourth-order valence-electron chi connectivity index (χ4n) is 2.43. The smallest absolute Gasteiger partial charge is 0.186 e. The molecule has 2 N–H and O–H groups in total. The number of allylic oxidation sites excluding steroid dienone is 7. The van der Waals surface area contributed by atoms with E-state index in [0.717, 1.165) is 47.2 Å². The maximum atomic E-state index is 12.2. The van der Waals surface area contributed by atoms with Crippen LogP contribution in [0.1, 0.15) is 42.6 Å². The van der Waals surface area contributed by atoms with E-state index in [1.807, 2.05) is 49.4 Å². The molecule has 0 fully saturated rings. The molecule has 22 heavy (non-hydrogen) atoms. The minimum Gasteiger partial charge on any atom is -0.399 e. The van der Waals surface area contributed by atoms with Gasteiger partial charge in [0.1, 0.15) is 0 Å². The SMILES string of the molecule is CCC\C=C/C(N)=C\C=C(/C)C1=CC(=O)c2ccccc2C1. The van der Waals surface area contributed by atoms with Crippen molar-refractivity contribution in [3.63, 3.8) is 0 Å². The maximum absolute atomic E-state index is 12.2. The molecule has 1 aliphatic carbocycles. The monoisotopic (exact) mass is 293 g/mol. The Morgan fingerprint density at radius 3 is 2.82 bits per heavy atom. The van der Waals surface area contributed by atoms with Crippen LogP contribution in [0.15, 0.2) is 71.5 Å². The Kier molecular flexibility index (Phi) is 5.54. The molecule has 0 atom stereocenters. The summed E-state index contributed by atoms with van der Waals surface area (Å²) in [5.74, 6) is 0.0874. The molecule has 0 aliphatic heterocycles. The van der Waals surface area contributed by atoms with Gasteiger partial charge < -0.3 is 5.73 Å². The molecular formula is C20H23NO. The van der Waals surface area contributed by atoms with E-state index >= 15 is 0 Å². The number of hydrogen-bond acceptors (Lipinski definition) is 2. The van der Waals surface area contributed by atoms with Crippen LogP contribution < -0.4 is 5.73 Å². The predicted molar refractivity (Wildman–Crippen MR) is 92.6 cm³/mol. The highest BCUT2D eigenvalue weighted by Gasteiger charge is 2.17. The fourth-order valence-corrected chi connectivity index (χ4v) is 2.43. The van der Waals surface area contributed by atoms with Crippen LogP contribution in [0.3, 0.4) is 0 Å². The Morgan fingerprint density at radius 2 is 2.05 bits per heavy atom. The van der Waals surface area contributed by atoms with Crippen LogP contribution >= 0.6 is 0 Å². The van der Waals surface area contributed by atoms with Crippen LogP contribution in [0, 0.1) is 0 Å². The van der Waals surface area contributed by atoms with E-state index in [2.05, 4.69) is 13.0 Å². The Morgan fingerprint density at radius 1 is 1.27 bits per heavy atom. The van der Waals surface area contributed by atoms with Crippen molar-refractivity contribution in [1.29, 1.82) is 0 Å². The zero-order valence-electron chi connectivity index (χ0n) is 13.3. The first-order chi connectivity index (χ1) is 10.6. The third-order valence-electron chi connectivity index (χ3n) is 3.77. The van der Waals surface area contributed by atoms with Crippen molar-refractivity contribution >= 4 is 5.78 Å². The van der Waals surface area contributed by atoms with Gasteiger partial charge in [-0.2, -0.15) is 0 Å². The van der Waals surface area contributed by atoms with Crippen LogP contribution in [0.2, 0.25) is 0 Å². The quantitative estimate of drug-likeness (QED) is 0.812. The van der Waals surface area contributed by atoms with Gasteiger partial charge in [-0.15, -0.1) is 0 Å². The molecule has 0 amide bonds. The van der Waals surface area contributed by atoms with Crippen molar-refractivity contribution in [2.75, 3.05) is 0 Å². The predicted octanol–water partition coefficient (Wildman–Crippen LogP) is 4.50. The number of fused-ring (bicyclic) bond motifs is 1. The lowest BCUT2D eigenvalue weighted by molar-refractivity contribution is 0.104.